The molecule has 1 atom stereocenters. The molecule has 0 aliphatic heterocycles. The minimum absolute atomic E-state index is 0.231. The van der Waals surface area contributed by atoms with Crippen LogP contribution in [0.5, 0.6) is 0 Å². The average Bonchev–Trinajstić information content (AvgIpc) is 2.79. The van der Waals surface area contributed by atoms with E-state index in [1.165, 1.54) is 0 Å². The van der Waals surface area contributed by atoms with Gasteiger partial charge >= 0.3 is 0 Å². The van der Waals surface area contributed by atoms with Gasteiger partial charge in [-0.25, -0.2) is 0 Å². The van der Waals surface area contributed by atoms with E-state index < -0.39 is 0 Å². The summed E-state index contributed by atoms with van der Waals surface area (Å²) in [6.07, 6.45) is 4.20. The van der Waals surface area contributed by atoms with E-state index in [1.54, 1.807) is 0 Å². The second kappa shape index (κ2) is 7.90. The van der Waals surface area contributed by atoms with E-state index in [0.29, 0.717) is 5.92 Å². The Morgan fingerprint density at radius 2 is 2.05 bits per heavy atom. The maximum atomic E-state index is 5.60. The number of thioether (sulfide) groups is 1. The fraction of sp³-hybridized carbons (Fsp3) is 0.857. The van der Waals surface area contributed by atoms with Crippen molar-refractivity contribution in [1.82, 2.24) is 10.1 Å². The molecule has 0 aliphatic carbocycles. The van der Waals surface area contributed by atoms with E-state index in [2.05, 4.69) is 37.8 Å². The SMILES string of the molecule is CCC(CCN)CCc1nc(CSC(C)(C)C)no1. The van der Waals surface area contributed by atoms with Crippen molar-refractivity contribution in [2.45, 2.75) is 63.9 Å². The third-order valence-electron chi connectivity index (χ3n) is 3.06. The summed E-state index contributed by atoms with van der Waals surface area (Å²) in [4.78, 5) is 4.45. The largest absolute Gasteiger partial charge is 0.339 e. The van der Waals surface area contributed by atoms with E-state index in [1.807, 2.05) is 11.8 Å². The molecule has 0 aliphatic rings. The maximum Gasteiger partial charge on any atom is 0.226 e. The van der Waals surface area contributed by atoms with Gasteiger partial charge in [0.05, 0.1) is 5.75 Å². The number of hydrogen-bond donors (Lipinski definition) is 1. The molecule has 110 valence electrons. The van der Waals surface area contributed by atoms with Crippen molar-refractivity contribution in [2.75, 3.05) is 6.54 Å². The van der Waals surface area contributed by atoms with Gasteiger partial charge in [0.1, 0.15) is 0 Å². The van der Waals surface area contributed by atoms with Gasteiger partial charge in [-0.1, -0.05) is 39.3 Å². The van der Waals surface area contributed by atoms with Gasteiger partial charge in [-0.05, 0) is 25.3 Å². The van der Waals surface area contributed by atoms with Crippen molar-refractivity contribution in [3.8, 4) is 0 Å². The quantitative estimate of drug-likeness (QED) is 0.793. The zero-order chi connectivity index (χ0) is 14.3. The molecular formula is C14H27N3OS. The lowest BCUT2D eigenvalue weighted by Gasteiger charge is -2.15. The molecule has 1 rings (SSSR count). The van der Waals surface area contributed by atoms with Gasteiger partial charge in [-0.2, -0.15) is 4.98 Å². The van der Waals surface area contributed by atoms with Gasteiger partial charge in [0.2, 0.25) is 5.89 Å². The standard InChI is InChI=1S/C14H27N3OS/c1-5-11(8-9-15)6-7-13-16-12(17-18-13)10-19-14(2,3)4/h11H,5-10,15H2,1-4H3. The summed E-state index contributed by atoms with van der Waals surface area (Å²) in [5.41, 5.74) is 5.60. The van der Waals surface area contributed by atoms with Crippen LogP contribution < -0.4 is 5.73 Å². The first-order chi connectivity index (χ1) is 8.94. The van der Waals surface area contributed by atoms with Gasteiger partial charge in [0.25, 0.3) is 0 Å². The molecule has 2 N–H and O–H groups in total. The zero-order valence-corrected chi connectivity index (χ0v) is 13.4. The fourth-order valence-electron chi connectivity index (χ4n) is 1.85. The first-order valence-electron chi connectivity index (χ1n) is 7.10. The molecule has 1 heterocycles. The summed E-state index contributed by atoms with van der Waals surface area (Å²) in [5, 5.41) is 4.04. The molecule has 0 amide bonds. The third-order valence-corrected chi connectivity index (χ3v) is 4.33. The lowest BCUT2D eigenvalue weighted by atomic mass is 9.97. The van der Waals surface area contributed by atoms with Gasteiger partial charge in [-0.15, -0.1) is 11.8 Å². The molecule has 5 heteroatoms. The molecule has 0 fully saturated rings. The smallest absolute Gasteiger partial charge is 0.226 e. The molecule has 1 aromatic rings. The second-order valence-electron chi connectivity index (χ2n) is 5.90. The van der Waals surface area contributed by atoms with Crippen LogP contribution in [-0.4, -0.2) is 21.4 Å². The Hall–Kier alpha value is -0.550. The molecule has 1 unspecified atom stereocenters. The number of nitrogens with zero attached hydrogens (tertiary/aromatic N) is 2. The van der Waals surface area contributed by atoms with Crippen molar-refractivity contribution in [3.05, 3.63) is 11.7 Å². The predicted molar refractivity (Wildman–Crippen MR) is 81.1 cm³/mol. The Labute approximate surface area is 120 Å². The maximum absolute atomic E-state index is 5.60. The van der Waals surface area contributed by atoms with Crippen LogP contribution >= 0.6 is 11.8 Å². The minimum atomic E-state index is 0.231. The molecule has 0 bridgehead atoms. The van der Waals surface area contributed by atoms with Crippen LogP contribution in [0.25, 0.3) is 0 Å². The number of rotatable bonds is 8. The molecule has 0 saturated heterocycles. The fourth-order valence-corrected chi connectivity index (χ4v) is 2.53. The van der Waals surface area contributed by atoms with Crippen molar-refractivity contribution in [2.24, 2.45) is 11.7 Å². The molecule has 19 heavy (non-hydrogen) atoms. The molecule has 0 radical (unpaired) electrons. The Balaban J connectivity index is 2.38. The monoisotopic (exact) mass is 285 g/mol. The normalized spacial score (nSPS) is 13.7. The van der Waals surface area contributed by atoms with Crippen molar-refractivity contribution < 1.29 is 4.52 Å². The van der Waals surface area contributed by atoms with Crippen LogP contribution in [0.15, 0.2) is 4.52 Å². The summed E-state index contributed by atoms with van der Waals surface area (Å²) in [5.74, 6) is 3.05. The van der Waals surface area contributed by atoms with Crippen LogP contribution in [-0.2, 0) is 12.2 Å². The first-order valence-corrected chi connectivity index (χ1v) is 8.08. The lowest BCUT2D eigenvalue weighted by Crippen LogP contribution is -2.09. The van der Waals surface area contributed by atoms with E-state index in [9.17, 15) is 0 Å². The summed E-state index contributed by atoms with van der Waals surface area (Å²) in [6, 6.07) is 0. The number of nitrogens with two attached hydrogens (primary N) is 1. The minimum Gasteiger partial charge on any atom is -0.339 e. The van der Waals surface area contributed by atoms with Gasteiger partial charge in [0.15, 0.2) is 5.82 Å². The van der Waals surface area contributed by atoms with Gasteiger partial charge in [-0.3, -0.25) is 0 Å². The average molecular weight is 285 g/mol. The Kier molecular flexibility index (Phi) is 6.86. The summed E-state index contributed by atoms with van der Waals surface area (Å²) in [6.45, 7) is 9.54. The number of hydrogen-bond acceptors (Lipinski definition) is 5. The highest BCUT2D eigenvalue weighted by Gasteiger charge is 2.14. The first kappa shape index (κ1) is 16.5. The van der Waals surface area contributed by atoms with Crippen molar-refractivity contribution >= 4 is 11.8 Å². The van der Waals surface area contributed by atoms with Gasteiger partial charge in [0, 0.05) is 11.2 Å². The van der Waals surface area contributed by atoms with Crippen LogP contribution in [0.4, 0.5) is 0 Å². The molecule has 0 aromatic carbocycles. The number of aryl methyl sites for hydroxylation is 1. The van der Waals surface area contributed by atoms with Crippen LogP contribution in [0.1, 0.15) is 58.7 Å². The van der Waals surface area contributed by atoms with E-state index in [0.717, 1.165) is 49.7 Å². The van der Waals surface area contributed by atoms with E-state index >= 15 is 0 Å². The van der Waals surface area contributed by atoms with Gasteiger partial charge < -0.3 is 10.3 Å². The summed E-state index contributed by atoms with van der Waals surface area (Å²) in [7, 11) is 0. The summed E-state index contributed by atoms with van der Waals surface area (Å²) >= 11 is 1.84. The molecular weight excluding hydrogens is 258 g/mol. The Morgan fingerprint density at radius 3 is 2.63 bits per heavy atom. The molecule has 4 nitrogen and oxygen atoms in total. The van der Waals surface area contributed by atoms with Crippen molar-refractivity contribution in [3.63, 3.8) is 0 Å². The van der Waals surface area contributed by atoms with E-state index in [4.69, 9.17) is 10.3 Å². The van der Waals surface area contributed by atoms with E-state index in [-0.39, 0.29) is 4.75 Å². The summed E-state index contributed by atoms with van der Waals surface area (Å²) < 4.78 is 5.53. The molecule has 0 spiro atoms. The van der Waals surface area contributed by atoms with Crippen LogP contribution in [0.2, 0.25) is 0 Å². The Bertz CT molecular complexity index is 360. The highest BCUT2D eigenvalue weighted by atomic mass is 32.2. The van der Waals surface area contributed by atoms with Crippen LogP contribution in [0.3, 0.4) is 0 Å². The highest BCUT2D eigenvalue weighted by Crippen LogP contribution is 2.26. The highest BCUT2D eigenvalue weighted by molar-refractivity contribution is 7.99. The number of aromatic nitrogens is 2. The molecule has 0 saturated carbocycles. The zero-order valence-electron chi connectivity index (χ0n) is 12.6. The topological polar surface area (TPSA) is 64.9 Å². The third kappa shape index (κ3) is 6.97. The molecule has 1 aromatic heterocycles. The second-order valence-corrected chi connectivity index (χ2v) is 7.70. The van der Waals surface area contributed by atoms with Crippen LogP contribution in [0, 0.1) is 5.92 Å². The lowest BCUT2D eigenvalue weighted by molar-refractivity contribution is 0.351. The Morgan fingerprint density at radius 1 is 1.32 bits per heavy atom. The van der Waals surface area contributed by atoms with Crippen molar-refractivity contribution in [1.29, 1.82) is 0 Å². The predicted octanol–water partition coefficient (Wildman–Crippen LogP) is 3.41.